The fourth-order valence-electron chi connectivity index (χ4n) is 2.00. The van der Waals surface area contributed by atoms with Crippen LogP contribution in [0.25, 0.3) is 21.8 Å². The Labute approximate surface area is 133 Å². The number of carboxylic acids is 1. The Morgan fingerprint density at radius 1 is 1.27 bits per heavy atom. The van der Waals surface area contributed by atoms with Crippen molar-refractivity contribution in [2.75, 3.05) is 12.4 Å². The molecule has 0 saturated heterocycles. The van der Waals surface area contributed by atoms with Crippen LogP contribution in [0.15, 0.2) is 35.3 Å². The van der Waals surface area contributed by atoms with E-state index in [1.165, 1.54) is 0 Å². The quantitative estimate of drug-likeness (QED) is 0.582. The van der Waals surface area contributed by atoms with Gasteiger partial charge in [0.15, 0.2) is 0 Å². The van der Waals surface area contributed by atoms with Crippen LogP contribution in [0.2, 0.25) is 0 Å². The molecule has 0 fully saturated rings. The van der Waals surface area contributed by atoms with Gasteiger partial charge < -0.3 is 20.4 Å². The van der Waals surface area contributed by atoms with Crippen LogP contribution in [0.4, 0.5) is 5.69 Å². The van der Waals surface area contributed by atoms with Crippen molar-refractivity contribution in [3.63, 3.8) is 0 Å². The number of rotatable bonds is 2. The predicted octanol–water partition coefficient (Wildman–Crippen LogP) is 2.95. The number of aromatic amines is 2. The zero-order chi connectivity index (χ0) is 15.4. The van der Waals surface area contributed by atoms with Crippen LogP contribution in [-0.2, 0) is 4.79 Å². The van der Waals surface area contributed by atoms with Gasteiger partial charge in [0.2, 0.25) is 0 Å². The first-order valence-corrected chi connectivity index (χ1v) is 6.59. The number of pyridine rings is 1. The molecule has 118 valence electrons. The van der Waals surface area contributed by atoms with Crippen molar-refractivity contribution >= 4 is 45.9 Å². The van der Waals surface area contributed by atoms with Gasteiger partial charge in [0, 0.05) is 41.6 Å². The van der Waals surface area contributed by atoms with E-state index in [1.54, 1.807) is 13.1 Å². The van der Waals surface area contributed by atoms with E-state index in [2.05, 4.69) is 15.3 Å². The van der Waals surface area contributed by atoms with E-state index < -0.39 is 5.97 Å². The molecule has 3 aromatic rings. The molecule has 4 N–H and O–H groups in total. The van der Waals surface area contributed by atoms with Crippen molar-refractivity contribution in [3.05, 3.63) is 40.8 Å². The van der Waals surface area contributed by atoms with E-state index >= 15 is 0 Å². The maximum Gasteiger partial charge on any atom is 0.303 e. The number of hydrogen-bond acceptors (Lipinski definition) is 3. The Balaban J connectivity index is 0.000000356. The van der Waals surface area contributed by atoms with Crippen molar-refractivity contribution < 1.29 is 9.90 Å². The van der Waals surface area contributed by atoms with E-state index in [9.17, 15) is 9.59 Å². The predicted molar refractivity (Wildman–Crippen MR) is 91.1 cm³/mol. The molecular formula is C15H18ClN3O3. The van der Waals surface area contributed by atoms with Gasteiger partial charge in [-0.1, -0.05) is 6.92 Å². The molecule has 0 aliphatic heterocycles. The molecule has 0 aliphatic rings. The van der Waals surface area contributed by atoms with Gasteiger partial charge in [0.25, 0.3) is 5.56 Å². The van der Waals surface area contributed by atoms with E-state index in [4.69, 9.17) is 5.11 Å². The maximum absolute atomic E-state index is 11.7. The summed E-state index contributed by atoms with van der Waals surface area (Å²) in [5.41, 5.74) is 2.43. The number of benzene rings is 1. The summed E-state index contributed by atoms with van der Waals surface area (Å²) in [6.45, 7) is 1.60. The van der Waals surface area contributed by atoms with Crippen molar-refractivity contribution in [2.45, 2.75) is 13.3 Å². The fraction of sp³-hybridized carbons (Fsp3) is 0.200. The molecule has 0 aliphatic carbocycles. The Bertz CT molecular complexity index is 839. The van der Waals surface area contributed by atoms with Gasteiger partial charge in [0.05, 0.1) is 0 Å². The normalized spacial score (nSPS) is 9.73. The summed E-state index contributed by atoms with van der Waals surface area (Å²) >= 11 is 0. The van der Waals surface area contributed by atoms with Crippen molar-refractivity contribution in [1.82, 2.24) is 9.97 Å². The second kappa shape index (κ2) is 7.51. The van der Waals surface area contributed by atoms with Gasteiger partial charge in [-0.25, -0.2) is 0 Å². The van der Waals surface area contributed by atoms with Crippen LogP contribution < -0.4 is 10.9 Å². The number of aliphatic carboxylic acids is 1. The zero-order valence-corrected chi connectivity index (χ0v) is 13.1. The molecule has 0 atom stereocenters. The first kappa shape index (κ1) is 17.6. The van der Waals surface area contributed by atoms with Crippen LogP contribution in [0.5, 0.6) is 0 Å². The number of fused-ring (bicyclic) bond motifs is 3. The molecule has 0 bridgehead atoms. The minimum atomic E-state index is -0.745. The van der Waals surface area contributed by atoms with Crippen LogP contribution in [0.3, 0.4) is 0 Å². The molecule has 22 heavy (non-hydrogen) atoms. The lowest BCUT2D eigenvalue weighted by atomic mass is 10.1. The van der Waals surface area contributed by atoms with E-state index in [-0.39, 0.29) is 24.4 Å². The topological polar surface area (TPSA) is 98.0 Å². The molecule has 2 heterocycles. The summed E-state index contributed by atoms with van der Waals surface area (Å²) in [5.74, 6) is -0.745. The molecule has 3 rings (SSSR count). The lowest BCUT2D eigenvalue weighted by molar-refractivity contribution is -0.136. The summed E-state index contributed by atoms with van der Waals surface area (Å²) < 4.78 is 0. The monoisotopic (exact) mass is 323 g/mol. The molecule has 0 spiro atoms. The highest BCUT2D eigenvalue weighted by atomic mass is 35.5. The molecule has 1 aromatic carbocycles. The first-order chi connectivity index (χ1) is 10.1. The number of carbonyl (C=O) groups is 1. The smallest absolute Gasteiger partial charge is 0.303 e. The third kappa shape index (κ3) is 3.59. The first-order valence-electron chi connectivity index (χ1n) is 6.59. The molecule has 0 radical (unpaired) electrons. The van der Waals surface area contributed by atoms with Crippen LogP contribution >= 0.6 is 12.4 Å². The van der Waals surface area contributed by atoms with Gasteiger partial charge in [-0.05, 0) is 24.3 Å². The lowest BCUT2D eigenvalue weighted by Gasteiger charge is -2.03. The third-order valence-electron chi connectivity index (χ3n) is 3.12. The summed E-state index contributed by atoms with van der Waals surface area (Å²) in [4.78, 5) is 26.9. The van der Waals surface area contributed by atoms with E-state index in [1.807, 2.05) is 31.3 Å². The minimum Gasteiger partial charge on any atom is -0.481 e. The number of anilines is 1. The Morgan fingerprint density at radius 2 is 1.95 bits per heavy atom. The zero-order valence-electron chi connectivity index (χ0n) is 12.3. The summed E-state index contributed by atoms with van der Waals surface area (Å²) in [7, 11) is 1.88. The van der Waals surface area contributed by atoms with Gasteiger partial charge >= 0.3 is 5.97 Å². The molecule has 7 heteroatoms. The standard InChI is InChI=1S/C12H11N3O.C3H6O2.ClH/c1-13-7-2-3-10-9(6-7)8-4-5-14-11(8)12(16)15-10;1-2-3(4)5;/h2-6,13-14H,1H3,(H,15,16);2H2,1H3,(H,4,5);1H. The van der Waals surface area contributed by atoms with E-state index in [0.29, 0.717) is 5.52 Å². The largest absolute Gasteiger partial charge is 0.481 e. The highest BCUT2D eigenvalue weighted by Gasteiger charge is 2.05. The summed E-state index contributed by atoms with van der Waals surface area (Å²) in [6, 6.07) is 7.81. The van der Waals surface area contributed by atoms with Crippen LogP contribution in [-0.4, -0.2) is 28.1 Å². The van der Waals surface area contributed by atoms with Crippen LogP contribution in [0.1, 0.15) is 13.3 Å². The molecule has 6 nitrogen and oxygen atoms in total. The number of halogens is 1. The average molecular weight is 324 g/mol. The second-order valence-electron chi connectivity index (χ2n) is 4.48. The highest BCUT2D eigenvalue weighted by Crippen LogP contribution is 2.23. The second-order valence-corrected chi connectivity index (χ2v) is 4.48. The van der Waals surface area contributed by atoms with Crippen molar-refractivity contribution in [3.8, 4) is 0 Å². The number of hydrogen-bond donors (Lipinski definition) is 4. The van der Waals surface area contributed by atoms with Gasteiger partial charge in [-0.15, -0.1) is 12.4 Å². The molecule has 0 saturated carbocycles. The molecular weight excluding hydrogens is 306 g/mol. The van der Waals surface area contributed by atoms with Crippen molar-refractivity contribution in [1.29, 1.82) is 0 Å². The summed E-state index contributed by atoms with van der Waals surface area (Å²) in [6.07, 6.45) is 2.01. The van der Waals surface area contributed by atoms with Gasteiger partial charge in [-0.3, -0.25) is 9.59 Å². The van der Waals surface area contributed by atoms with E-state index in [0.717, 1.165) is 22.0 Å². The molecule has 0 amide bonds. The average Bonchev–Trinajstić information content (AvgIpc) is 2.98. The molecule has 0 unspecified atom stereocenters. The Kier molecular flexibility index (Phi) is 6.00. The third-order valence-corrected chi connectivity index (χ3v) is 3.12. The highest BCUT2D eigenvalue weighted by molar-refractivity contribution is 6.05. The number of nitrogens with one attached hydrogen (secondary N) is 3. The maximum atomic E-state index is 11.7. The Morgan fingerprint density at radius 3 is 2.55 bits per heavy atom. The minimum absolute atomic E-state index is 0. The number of aromatic nitrogens is 2. The Hall–Kier alpha value is -2.47. The SMILES string of the molecule is CCC(=O)O.CNc1ccc2[nH]c(=O)c3[nH]ccc3c2c1.Cl. The lowest BCUT2D eigenvalue weighted by Crippen LogP contribution is -2.06. The number of carboxylic acid groups (broad SMARTS) is 1. The summed E-state index contributed by atoms with van der Waals surface area (Å²) in [5, 5.41) is 12.8. The van der Waals surface area contributed by atoms with Crippen molar-refractivity contribution in [2.24, 2.45) is 0 Å². The fourth-order valence-corrected chi connectivity index (χ4v) is 2.00. The number of H-pyrrole nitrogens is 2. The molecule has 2 aromatic heterocycles. The van der Waals surface area contributed by atoms with Gasteiger partial charge in [-0.2, -0.15) is 0 Å². The van der Waals surface area contributed by atoms with Gasteiger partial charge in [0.1, 0.15) is 5.52 Å². The van der Waals surface area contributed by atoms with Crippen LogP contribution in [0, 0.1) is 0 Å².